The number of nitrogens with zero attached hydrogens (tertiary/aromatic N) is 1. The first kappa shape index (κ1) is 16.1. The van der Waals surface area contributed by atoms with Crippen molar-refractivity contribution in [3.63, 3.8) is 0 Å². The first-order valence-corrected chi connectivity index (χ1v) is 8.11. The Morgan fingerprint density at radius 1 is 1.00 bits per heavy atom. The van der Waals surface area contributed by atoms with Crippen molar-refractivity contribution in [1.29, 1.82) is 0 Å². The molecule has 2 aromatic rings. The van der Waals surface area contributed by atoms with E-state index in [1.54, 1.807) is 49.6 Å². The van der Waals surface area contributed by atoms with Crippen LogP contribution in [0.25, 0.3) is 6.08 Å². The highest BCUT2D eigenvalue weighted by atomic mass is 16.5. The zero-order chi connectivity index (χ0) is 18.3. The molecule has 0 saturated carbocycles. The standard InChI is InChI=1S/C20H15NO5/c1-25-13-8-6-12(7-9-13)10-14-11-17(20(24)26-14)21-18(22)15-4-2-3-5-16(15)19(21)23/h2-10,17H,11H2,1H3/b14-10-/t17-/m1/s1. The summed E-state index contributed by atoms with van der Waals surface area (Å²) in [5, 5.41) is 0. The lowest BCUT2D eigenvalue weighted by Gasteiger charge is -2.17. The van der Waals surface area contributed by atoms with Crippen LogP contribution >= 0.6 is 0 Å². The maximum absolute atomic E-state index is 12.5. The van der Waals surface area contributed by atoms with Gasteiger partial charge in [-0.2, -0.15) is 0 Å². The predicted molar refractivity (Wildman–Crippen MR) is 92.4 cm³/mol. The number of imide groups is 1. The van der Waals surface area contributed by atoms with E-state index in [-0.39, 0.29) is 6.42 Å². The van der Waals surface area contributed by atoms with Crippen LogP contribution in [0.3, 0.4) is 0 Å². The second-order valence-corrected chi connectivity index (χ2v) is 6.05. The average molecular weight is 349 g/mol. The minimum Gasteiger partial charge on any atom is -0.497 e. The van der Waals surface area contributed by atoms with Crippen molar-refractivity contribution in [2.75, 3.05) is 7.11 Å². The van der Waals surface area contributed by atoms with Gasteiger partial charge >= 0.3 is 5.97 Å². The van der Waals surface area contributed by atoms with Gasteiger partial charge in [-0.05, 0) is 35.9 Å². The molecule has 0 spiro atoms. The van der Waals surface area contributed by atoms with E-state index in [1.165, 1.54) is 0 Å². The first-order valence-electron chi connectivity index (χ1n) is 8.11. The SMILES string of the molecule is COc1ccc(/C=C2/C[C@@H](N3C(=O)c4ccccc4C3=O)C(=O)O2)cc1. The van der Waals surface area contributed by atoms with Gasteiger partial charge < -0.3 is 9.47 Å². The molecule has 0 N–H and O–H groups in total. The molecule has 1 saturated heterocycles. The lowest BCUT2D eigenvalue weighted by molar-refractivity contribution is -0.138. The molecule has 0 aromatic heterocycles. The van der Waals surface area contributed by atoms with Crippen molar-refractivity contribution >= 4 is 23.9 Å². The van der Waals surface area contributed by atoms with E-state index in [0.29, 0.717) is 16.9 Å². The van der Waals surface area contributed by atoms with Gasteiger partial charge in [0.05, 0.1) is 18.2 Å². The number of ether oxygens (including phenoxy) is 2. The van der Waals surface area contributed by atoms with Crippen LogP contribution in [0.5, 0.6) is 5.75 Å². The second-order valence-electron chi connectivity index (χ2n) is 6.05. The molecule has 2 aromatic carbocycles. The van der Waals surface area contributed by atoms with Gasteiger partial charge in [-0.3, -0.25) is 14.5 Å². The summed E-state index contributed by atoms with van der Waals surface area (Å²) in [5.74, 6) is -0.378. The summed E-state index contributed by atoms with van der Waals surface area (Å²) in [7, 11) is 1.58. The third-order valence-electron chi connectivity index (χ3n) is 4.48. The third kappa shape index (κ3) is 2.56. The molecule has 2 aliphatic rings. The molecule has 0 unspecified atom stereocenters. The van der Waals surface area contributed by atoms with Crippen LogP contribution in [0.15, 0.2) is 54.3 Å². The van der Waals surface area contributed by atoms with Crippen LogP contribution in [0, 0.1) is 0 Å². The summed E-state index contributed by atoms with van der Waals surface area (Å²) >= 11 is 0. The predicted octanol–water partition coefficient (Wildman–Crippen LogP) is 2.65. The molecular formula is C20H15NO5. The Hall–Kier alpha value is -3.41. The quantitative estimate of drug-likeness (QED) is 0.629. The molecule has 2 amide bonds. The summed E-state index contributed by atoms with van der Waals surface area (Å²) in [6.45, 7) is 0. The Morgan fingerprint density at radius 2 is 1.62 bits per heavy atom. The van der Waals surface area contributed by atoms with Crippen LogP contribution in [-0.4, -0.2) is 35.8 Å². The molecule has 1 atom stereocenters. The zero-order valence-electron chi connectivity index (χ0n) is 14.0. The lowest BCUT2D eigenvalue weighted by atomic mass is 10.1. The summed E-state index contributed by atoms with van der Waals surface area (Å²) < 4.78 is 10.4. The topological polar surface area (TPSA) is 72.9 Å². The molecule has 130 valence electrons. The maximum atomic E-state index is 12.5. The number of carbonyl (C=O) groups is 3. The van der Waals surface area contributed by atoms with E-state index in [2.05, 4.69) is 0 Å². The van der Waals surface area contributed by atoms with Crippen molar-refractivity contribution < 1.29 is 23.9 Å². The molecular weight excluding hydrogens is 334 g/mol. The number of amides is 2. The fourth-order valence-corrected chi connectivity index (χ4v) is 3.17. The normalized spacial score (nSPS) is 20.5. The highest BCUT2D eigenvalue weighted by Gasteiger charge is 2.46. The zero-order valence-corrected chi connectivity index (χ0v) is 14.0. The van der Waals surface area contributed by atoms with Gasteiger partial charge in [0, 0.05) is 6.42 Å². The number of cyclic esters (lactones) is 1. The molecule has 26 heavy (non-hydrogen) atoms. The third-order valence-corrected chi connectivity index (χ3v) is 4.48. The van der Waals surface area contributed by atoms with E-state index >= 15 is 0 Å². The number of methoxy groups -OCH3 is 1. The van der Waals surface area contributed by atoms with Gasteiger partial charge in [0.2, 0.25) is 0 Å². The number of hydrogen-bond acceptors (Lipinski definition) is 5. The first-order chi connectivity index (χ1) is 12.6. The van der Waals surface area contributed by atoms with Crippen LogP contribution in [0.2, 0.25) is 0 Å². The minimum absolute atomic E-state index is 0.163. The van der Waals surface area contributed by atoms with Crippen molar-refractivity contribution in [3.05, 3.63) is 71.0 Å². The number of rotatable bonds is 3. The van der Waals surface area contributed by atoms with E-state index in [9.17, 15) is 14.4 Å². The Kier molecular flexibility index (Phi) is 3.80. The maximum Gasteiger partial charge on any atom is 0.334 e. The molecule has 0 bridgehead atoms. The van der Waals surface area contributed by atoms with E-state index in [1.807, 2.05) is 12.1 Å². The van der Waals surface area contributed by atoms with Gasteiger partial charge in [-0.15, -0.1) is 0 Å². The van der Waals surface area contributed by atoms with Crippen molar-refractivity contribution in [2.45, 2.75) is 12.5 Å². The molecule has 4 rings (SSSR count). The number of carbonyl (C=O) groups excluding carboxylic acids is 3. The van der Waals surface area contributed by atoms with Gasteiger partial charge in [0.1, 0.15) is 17.6 Å². The smallest absolute Gasteiger partial charge is 0.334 e. The number of benzene rings is 2. The number of esters is 1. The second kappa shape index (κ2) is 6.15. The Bertz CT molecular complexity index is 910. The van der Waals surface area contributed by atoms with Gasteiger partial charge in [0.15, 0.2) is 0 Å². The molecule has 2 heterocycles. The van der Waals surface area contributed by atoms with Crippen molar-refractivity contribution in [3.8, 4) is 5.75 Å². The van der Waals surface area contributed by atoms with Crippen molar-refractivity contribution in [1.82, 2.24) is 4.90 Å². The summed E-state index contributed by atoms with van der Waals surface area (Å²) in [5.41, 5.74) is 1.47. The molecule has 1 fully saturated rings. The number of hydrogen-bond donors (Lipinski definition) is 0. The Morgan fingerprint density at radius 3 is 2.19 bits per heavy atom. The highest BCUT2D eigenvalue weighted by molar-refractivity contribution is 6.22. The van der Waals surface area contributed by atoms with E-state index in [4.69, 9.17) is 9.47 Å². The van der Waals surface area contributed by atoms with E-state index in [0.717, 1.165) is 16.2 Å². The Labute approximate surface area is 149 Å². The number of fused-ring (bicyclic) bond motifs is 1. The van der Waals surface area contributed by atoms with E-state index < -0.39 is 23.8 Å². The molecule has 0 aliphatic carbocycles. The molecule has 0 radical (unpaired) electrons. The van der Waals surface area contributed by atoms with Gasteiger partial charge in [-0.25, -0.2) is 4.79 Å². The van der Waals surface area contributed by atoms with Gasteiger partial charge in [0.25, 0.3) is 11.8 Å². The summed E-state index contributed by atoms with van der Waals surface area (Å²) in [6.07, 6.45) is 1.88. The largest absolute Gasteiger partial charge is 0.497 e. The fraction of sp³-hybridized carbons (Fsp3) is 0.150. The molecule has 6 heteroatoms. The van der Waals surface area contributed by atoms with Crippen LogP contribution < -0.4 is 4.74 Å². The average Bonchev–Trinajstić information content (AvgIpc) is 3.13. The summed E-state index contributed by atoms with van der Waals surface area (Å²) in [4.78, 5) is 38.4. The lowest BCUT2D eigenvalue weighted by Crippen LogP contribution is -2.42. The fourth-order valence-electron chi connectivity index (χ4n) is 3.17. The highest BCUT2D eigenvalue weighted by Crippen LogP contribution is 2.32. The summed E-state index contributed by atoms with van der Waals surface area (Å²) in [6, 6.07) is 12.9. The molecule has 6 nitrogen and oxygen atoms in total. The van der Waals surface area contributed by atoms with Gasteiger partial charge in [-0.1, -0.05) is 24.3 Å². The molecule has 2 aliphatic heterocycles. The van der Waals surface area contributed by atoms with Crippen LogP contribution in [-0.2, 0) is 9.53 Å². The van der Waals surface area contributed by atoms with Crippen LogP contribution in [0.1, 0.15) is 32.7 Å². The monoisotopic (exact) mass is 349 g/mol. The van der Waals surface area contributed by atoms with Crippen molar-refractivity contribution in [2.24, 2.45) is 0 Å². The minimum atomic E-state index is -0.938. The Balaban J connectivity index is 1.58. The van der Waals surface area contributed by atoms with Crippen LogP contribution in [0.4, 0.5) is 0 Å².